The van der Waals surface area contributed by atoms with E-state index in [-0.39, 0.29) is 31.1 Å². The Morgan fingerprint density at radius 1 is 0.328 bits per heavy atom. The Labute approximate surface area is 399 Å². The van der Waals surface area contributed by atoms with Gasteiger partial charge in [-0.2, -0.15) is 0 Å². The van der Waals surface area contributed by atoms with Gasteiger partial charge in [0, 0.05) is 19.3 Å². The number of hydrogen-bond acceptors (Lipinski definition) is 6. The largest absolute Gasteiger partial charge is 0.462 e. The number of rotatable bonds is 52. The Morgan fingerprint density at radius 3 is 0.891 bits per heavy atom. The Hall–Kier alpha value is -1.59. The van der Waals surface area contributed by atoms with Gasteiger partial charge in [-0.25, -0.2) is 0 Å². The summed E-state index contributed by atoms with van der Waals surface area (Å²) in [6.45, 7) is 11.4. The molecule has 0 saturated carbocycles. The van der Waals surface area contributed by atoms with Gasteiger partial charge in [0.25, 0.3) is 0 Å². The monoisotopic (exact) mass is 905 g/mol. The number of hydrogen-bond donors (Lipinski definition) is 0. The Bertz CT molecular complexity index is 980. The molecule has 0 saturated heterocycles. The molecule has 6 nitrogen and oxygen atoms in total. The summed E-state index contributed by atoms with van der Waals surface area (Å²) in [4.78, 5) is 38.1. The summed E-state index contributed by atoms with van der Waals surface area (Å²) in [6.07, 6.45) is 53.8. The minimum Gasteiger partial charge on any atom is -0.462 e. The van der Waals surface area contributed by atoms with Crippen LogP contribution in [0.15, 0.2) is 0 Å². The highest BCUT2D eigenvalue weighted by Gasteiger charge is 2.19. The van der Waals surface area contributed by atoms with Crippen LogP contribution >= 0.6 is 0 Å². The maximum Gasteiger partial charge on any atom is 0.306 e. The molecule has 6 heteroatoms. The third-order valence-corrected chi connectivity index (χ3v) is 13.6. The Morgan fingerprint density at radius 2 is 0.594 bits per heavy atom. The van der Waals surface area contributed by atoms with Gasteiger partial charge < -0.3 is 14.2 Å². The molecule has 0 aromatic carbocycles. The lowest BCUT2D eigenvalue weighted by molar-refractivity contribution is -0.167. The van der Waals surface area contributed by atoms with E-state index in [1.165, 1.54) is 212 Å². The van der Waals surface area contributed by atoms with Crippen molar-refractivity contribution in [2.45, 2.75) is 330 Å². The highest BCUT2D eigenvalue weighted by atomic mass is 16.6. The van der Waals surface area contributed by atoms with Crippen LogP contribution in [0.5, 0.6) is 0 Å². The summed E-state index contributed by atoms with van der Waals surface area (Å²) in [7, 11) is 0. The van der Waals surface area contributed by atoms with Gasteiger partial charge in [-0.1, -0.05) is 285 Å². The van der Waals surface area contributed by atoms with Gasteiger partial charge in [0.15, 0.2) is 6.10 Å². The molecule has 0 aliphatic carbocycles. The van der Waals surface area contributed by atoms with Crippen LogP contribution in [-0.4, -0.2) is 37.2 Å². The first-order valence-corrected chi connectivity index (χ1v) is 28.8. The quantitative estimate of drug-likeness (QED) is 0.0344. The Kier molecular flexibility index (Phi) is 49.6. The van der Waals surface area contributed by atoms with E-state index >= 15 is 0 Å². The normalized spacial score (nSPS) is 12.5. The van der Waals surface area contributed by atoms with Crippen LogP contribution in [0.1, 0.15) is 324 Å². The number of carbonyl (C=O) groups is 3. The molecule has 0 aliphatic heterocycles. The van der Waals surface area contributed by atoms with Crippen LogP contribution in [0, 0.1) is 11.8 Å². The average Bonchev–Trinajstić information content (AvgIpc) is 3.28. The second-order valence-electron chi connectivity index (χ2n) is 20.6. The molecule has 1 unspecified atom stereocenters. The summed E-state index contributed by atoms with van der Waals surface area (Å²) in [6, 6.07) is 0. The summed E-state index contributed by atoms with van der Waals surface area (Å²) in [5, 5.41) is 0. The van der Waals surface area contributed by atoms with Crippen molar-refractivity contribution in [3.05, 3.63) is 0 Å². The van der Waals surface area contributed by atoms with Gasteiger partial charge in [0.1, 0.15) is 13.2 Å². The molecule has 0 spiro atoms. The molecule has 0 N–H and O–H groups in total. The SMILES string of the molecule is CCCCCCCCCCCCCCCC(=O)O[C@H](COC(=O)CCCCCCCCCCCCCCCCCCCCC(C)C)COC(=O)CCCCCCCCCCC(C)CC. The number of esters is 3. The second-order valence-corrected chi connectivity index (χ2v) is 20.6. The van der Waals surface area contributed by atoms with Gasteiger partial charge in [-0.3, -0.25) is 14.4 Å². The maximum atomic E-state index is 12.8. The van der Waals surface area contributed by atoms with Crippen molar-refractivity contribution in [2.75, 3.05) is 13.2 Å². The van der Waals surface area contributed by atoms with Gasteiger partial charge in [-0.15, -0.1) is 0 Å². The smallest absolute Gasteiger partial charge is 0.306 e. The van der Waals surface area contributed by atoms with Crippen LogP contribution in [0.25, 0.3) is 0 Å². The standard InChI is InChI=1S/C58H112O6/c1-6-8-9-10-11-12-13-20-25-28-35-40-45-50-58(61)64-55(52-63-57(60)49-44-39-34-30-29-32-37-42-47-54(5)7-2)51-62-56(59)48-43-38-33-27-24-22-19-17-15-14-16-18-21-23-26-31-36-41-46-53(3)4/h53-55H,6-52H2,1-5H3/t54?,55-/m1/s1. The summed E-state index contributed by atoms with van der Waals surface area (Å²) in [5.41, 5.74) is 0. The minimum absolute atomic E-state index is 0.0630. The van der Waals surface area contributed by atoms with Gasteiger partial charge in [0.05, 0.1) is 0 Å². The number of ether oxygens (including phenoxy) is 3. The van der Waals surface area contributed by atoms with Crippen LogP contribution < -0.4 is 0 Å². The minimum atomic E-state index is -0.762. The summed E-state index contributed by atoms with van der Waals surface area (Å²) < 4.78 is 16.9. The highest BCUT2D eigenvalue weighted by Crippen LogP contribution is 2.18. The maximum absolute atomic E-state index is 12.8. The van der Waals surface area contributed by atoms with E-state index in [0.29, 0.717) is 19.3 Å². The van der Waals surface area contributed by atoms with E-state index in [0.717, 1.165) is 69.6 Å². The molecule has 0 bridgehead atoms. The first-order chi connectivity index (χ1) is 31.3. The fourth-order valence-corrected chi connectivity index (χ4v) is 8.84. The Balaban J connectivity index is 4.23. The molecule has 64 heavy (non-hydrogen) atoms. The lowest BCUT2D eigenvalue weighted by Crippen LogP contribution is -2.30. The molecule has 0 aromatic heterocycles. The van der Waals surface area contributed by atoms with Gasteiger partial charge in [-0.05, 0) is 31.1 Å². The van der Waals surface area contributed by atoms with Crippen LogP contribution in [0.3, 0.4) is 0 Å². The molecule has 0 heterocycles. The topological polar surface area (TPSA) is 78.9 Å². The van der Waals surface area contributed by atoms with E-state index < -0.39 is 6.10 Å². The molecule has 380 valence electrons. The predicted octanol–water partition coefficient (Wildman–Crippen LogP) is 18.9. The number of unbranched alkanes of at least 4 members (excludes halogenated alkanes) is 36. The number of carbonyl (C=O) groups excluding carboxylic acids is 3. The lowest BCUT2D eigenvalue weighted by Gasteiger charge is -2.18. The summed E-state index contributed by atoms with van der Waals surface area (Å²) in [5.74, 6) is 0.865. The van der Waals surface area contributed by atoms with Crippen LogP contribution in [0.4, 0.5) is 0 Å². The van der Waals surface area contributed by atoms with Crippen LogP contribution in [-0.2, 0) is 28.6 Å². The average molecular weight is 906 g/mol. The molecule has 2 atom stereocenters. The fourth-order valence-electron chi connectivity index (χ4n) is 8.84. The first-order valence-electron chi connectivity index (χ1n) is 28.8. The van der Waals surface area contributed by atoms with Crippen molar-refractivity contribution >= 4 is 17.9 Å². The van der Waals surface area contributed by atoms with Crippen molar-refractivity contribution in [3.63, 3.8) is 0 Å². The van der Waals surface area contributed by atoms with Crippen molar-refractivity contribution in [3.8, 4) is 0 Å². The zero-order valence-electron chi connectivity index (χ0n) is 43.9. The first kappa shape index (κ1) is 62.4. The van der Waals surface area contributed by atoms with Crippen molar-refractivity contribution in [2.24, 2.45) is 11.8 Å². The van der Waals surface area contributed by atoms with E-state index in [1.54, 1.807) is 0 Å². The molecule has 0 amide bonds. The van der Waals surface area contributed by atoms with Crippen LogP contribution in [0.2, 0.25) is 0 Å². The summed E-state index contributed by atoms with van der Waals surface area (Å²) >= 11 is 0. The zero-order valence-corrected chi connectivity index (χ0v) is 43.9. The van der Waals surface area contributed by atoms with E-state index in [1.807, 2.05) is 0 Å². The highest BCUT2D eigenvalue weighted by molar-refractivity contribution is 5.71. The van der Waals surface area contributed by atoms with Gasteiger partial charge in [0.2, 0.25) is 0 Å². The third kappa shape index (κ3) is 49.8. The van der Waals surface area contributed by atoms with Crippen molar-refractivity contribution in [1.82, 2.24) is 0 Å². The van der Waals surface area contributed by atoms with Crippen molar-refractivity contribution in [1.29, 1.82) is 0 Å². The molecular weight excluding hydrogens is 793 g/mol. The third-order valence-electron chi connectivity index (χ3n) is 13.6. The zero-order chi connectivity index (χ0) is 46.8. The molecular formula is C58H112O6. The molecule has 0 fully saturated rings. The van der Waals surface area contributed by atoms with Gasteiger partial charge >= 0.3 is 17.9 Å². The second kappa shape index (κ2) is 50.8. The van der Waals surface area contributed by atoms with Crippen molar-refractivity contribution < 1.29 is 28.6 Å². The lowest BCUT2D eigenvalue weighted by atomic mass is 9.99. The molecule has 0 aliphatic rings. The van der Waals surface area contributed by atoms with E-state index in [9.17, 15) is 14.4 Å². The van der Waals surface area contributed by atoms with E-state index in [4.69, 9.17) is 14.2 Å². The van der Waals surface area contributed by atoms with E-state index in [2.05, 4.69) is 34.6 Å². The predicted molar refractivity (Wildman–Crippen MR) is 275 cm³/mol. The fraction of sp³-hybridized carbons (Fsp3) is 0.948. The molecule has 0 radical (unpaired) electrons. The molecule has 0 rings (SSSR count). The molecule has 0 aromatic rings.